The molecule has 229 valence electrons. The van der Waals surface area contributed by atoms with Gasteiger partial charge in [-0.05, 0) is 0 Å². The number of rotatable bonds is 11. The van der Waals surface area contributed by atoms with Gasteiger partial charge >= 0.3 is 274 Å². The maximum atomic E-state index is 14.5. The first-order valence-corrected chi connectivity index (χ1v) is 17.0. The standard InChI is InChI=1S/C39H30AsF4N2/c41-33-15-11-29(12-16-33)38-22-35(43)17-13-30(38)25-45-46(26-31-14-18-36(44)23-39(31)28-9-5-2-6-10-28)40-24-32-21-34(42)19-20-37(32)27-7-3-1-4-8-27/h1-23,45H,24-26H2. The summed E-state index contributed by atoms with van der Waals surface area (Å²) in [4.78, 5) is 0. The van der Waals surface area contributed by atoms with Crippen LogP contribution in [0.2, 0.25) is 0 Å². The van der Waals surface area contributed by atoms with Gasteiger partial charge in [0.2, 0.25) is 0 Å². The summed E-state index contributed by atoms with van der Waals surface area (Å²) >= 11 is -0.605. The van der Waals surface area contributed by atoms with Gasteiger partial charge in [-0.3, -0.25) is 0 Å². The van der Waals surface area contributed by atoms with E-state index in [-0.39, 0.29) is 23.3 Å². The molecule has 0 aromatic heterocycles. The first-order valence-electron chi connectivity index (χ1n) is 14.8. The fraction of sp³-hybridized carbons (Fsp3) is 0.0769. The summed E-state index contributed by atoms with van der Waals surface area (Å²) in [5.41, 5.74) is 11.3. The molecule has 0 bridgehead atoms. The fourth-order valence-corrected chi connectivity index (χ4v) is 7.54. The summed E-state index contributed by atoms with van der Waals surface area (Å²) in [6, 6.07) is 39.9. The molecule has 0 atom stereocenters. The van der Waals surface area contributed by atoms with Crippen molar-refractivity contribution in [3.63, 3.8) is 0 Å². The molecule has 0 fully saturated rings. The number of hydrazine groups is 1. The predicted molar refractivity (Wildman–Crippen MR) is 177 cm³/mol. The van der Waals surface area contributed by atoms with Crippen molar-refractivity contribution in [1.82, 2.24) is 9.35 Å². The molecule has 6 rings (SSSR count). The van der Waals surface area contributed by atoms with Crippen molar-refractivity contribution in [3.05, 3.63) is 179 Å². The molecule has 7 heteroatoms. The van der Waals surface area contributed by atoms with Crippen LogP contribution in [0.25, 0.3) is 33.4 Å². The van der Waals surface area contributed by atoms with E-state index in [2.05, 4.69) is 9.35 Å². The van der Waals surface area contributed by atoms with E-state index >= 15 is 0 Å². The Bertz CT molecular complexity index is 1920. The van der Waals surface area contributed by atoms with Crippen LogP contribution < -0.4 is 5.43 Å². The molecule has 0 spiro atoms. The van der Waals surface area contributed by atoms with Gasteiger partial charge in [0.1, 0.15) is 0 Å². The quantitative estimate of drug-likeness (QED) is 0.0835. The van der Waals surface area contributed by atoms with Gasteiger partial charge in [-0.25, -0.2) is 0 Å². The molecule has 0 saturated heterocycles. The van der Waals surface area contributed by atoms with Crippen molar-refractivity contribution < 1.29 is 17.6 Å². The molecule has 0 unspecified atom stereocenters. The summed E-state index contributed by atoms with van der Waals surface area (Å²) < 4.78 is 59.2. The average molecular weight is 678 g/mol. The van der Waals surface area contributed by atoms with Crippen LogP contribution in [0.1, 0.15) is 16.7 Å². The summed E-state index contributed by atoms with van der Waals surface area (Å²) in [5, 5.41) is 0.613. The van der Waals surface area contributed by atoms with Crippen molar-refractivity contribution in [2.45, 2.75) is 18.3 Å². The molecule has 6 aromatic carbocycles. The van der Waals surface area contributed by atoms with Crippen LogP contribution in [-0.4, -0.2) is 19.9 Å². The molecule has 0 saturated carbocycles. The van der Waals surface area contributed by atoms with Crippen molar-refractivity contribution in [1.29, 1.82) is 0 Å². The van der Waals surface area contributed by atoms with E-state index in [4.69, 9.17) is 0 Å². The molecule has 46 heavy (non-hydrogen) atoms. The molecule has 0 heterocycles. The van der Waals surface area contributed by atoms with E-state index in [1.165, 1.54) is 36.4 Å². The Morgan fingerprint density at radius 1 is 0.457 bits per heavy atom. The van der Waals surface area contributed by atoms with Crippen LogP contribution in [0, 0.1) is 23.3 Å². The van der Waals surface area contributed by atoms with Crippen LogP contribution in [0.15, 0.2) is 140 Å². The first kappa shape index (κ1) is 31.5. The Balaban J connectivity index is 1.32. The van der Waals surface area contributed by atoms with E-state index < -0.39 is 16.0 Å². The van der Waals surface area contributed by atoms with Crippen LogP contribution >= 0.6 is 0 Å². The van der Waals surface area contributed by atoms with Gasteiger partial charge in [0.15, 0.2) is 0 Å². The zero-order valence-electron chi connectivity index (χ0n) is 24.8. The molecule has 1 N–H and O–H groups in total. The van der Waals surface area contributed by atoms with E-state index in [0.29, 0.717) is 29.4 Å². The van der Waals surface area contributed by atoms with Gasteiger partial charge in [-0.2, -0.15) is 0 Å². The maximum absolute atomic E-state index is 14.5. The average Bonchev–Trinajstić information content (AvgIpc) is 3.08. The van der Waals surface area contributed by atoms with Crippen LogP contribution in [0.3, 0.4) is 0 Å². The van der Waals surface area contributed by atoms with Gasteiger partial charge in [-0.1, -0.05) is 0 Å². The van der Waals surface area contributed by atoms with Gasteiger partial charge in [0, 0.05) is 0 Å². The molecule has 6 aromatic rings. The second-order valence-corrected chi connectivity index (χ2v) is 13.1. The molecule has 0 aliphatic rings. The van der Waals surface area contributed by atoms with E-state index in [9.17, 15) is 17.6 Å². The Labute approximate surface area is 273 Å². The van der Waals surface area contributed by atoms with E-state index in [1.54, 1.807) is 36.4 Å². The third-order valence-corrected chi connectivity index (χ3v) is 10.0. The van der Waals surface area contributed by atoms with Gasteiger partial charge < -0.3 is 0 Å². The topological polar surface area (TPSA) is 15.3 Å². The number of nitrogens with zero attached hydrogens (tertiary/aromatic N) is 1. The Morgan fingerprint density at radius 2 is 0.957 bits per heavy atom. The molecule has 0 aliphatic carbocycles. The van der Waals surface area contributed by atoms with Crippen molar-refractivity contribution in [3.8, 4) is 33.4 Å². The van der Waals surface area contributed by atoms with E-state index in [1.807, 2.05) is 66.7 Å². The van der Waals surface area contributed by atoms with E-state index in [0.717, 1.165) is 38.9 Å². The van der Waals surface area contributed by atoms with Gasteiger partial charge in [0.25, 0.3) is 0 Å². The van der Waals surface area contributed by atoms with Gasteiger partial charge in [-0.15, -0.1) is 0 Å². The monoisotopic (exact) mass is 677 g/mol. The number of benzene rings is 6. The molecule has 2 nitrogen and oxygen atoms in total. The summed E-state index contributed by atoms with van der Waals surface area (Å²) in [6.45, 7) is 0.812. The first-order chi connectivity index (χ1) is 22.4. The molecule has 0 amide bonds. The Kier molecular flexibility index (Phi) is 10.1. The Morgan fingerprint density at radius 3 is 1.61 bits per heavy atom. The minimum atomic E-state index is -0.605. The molecular formula is C39H30AsF4N2. The molecule has 0 aliphatic heterocycles. The second kappa shape index (κ2) is 14.7. The van der Waals surface area contributed by atoms with Crippen LogP contribution in [0.5, 0.6) is 0 Å². The fourth-order valence-electron chi connectivity index (χ4n) is 5.42. The Hall–Kier alpha value is -4.48. The van der Waals surface area contributed by atoms with Crippen LogP contribution in [-0.2, 0) is 18.3 Å². The second-order valence-electron chi connectivity index (χ2n) is 10.8. The molecule has 1 radical (unpaired) electrons. The number of hydrogen-bond acceptors (Lipinski definition) is 2. The SMILES string of the molecule is Fc1ccc(-c2cc(F)ccc2CNN(Cc2ccc(F)cc2-c2ccccc2)[As]Cc2cc(F)ccc2-c2ccccc2)cc1. The third kappa shape index (κ3) is 7.83. The van der Waals surface area contributed by atoms with Crippen LogP contribution in [0.4, 0.5) is 17.6 Å². The van der Waals surface area contributed by atoms with Crippen molar-refractivity contribution in [2.24, 2.45) is 0 Å². The predicted octanol–water partition coefficient (Wildman–Crippen LogP) is 9.57. The van der Waals surface area contributed by atoms with Crippen molar-refractivity contribution in [2.75, 3.05) is 0 Å². The zero-order chi connectivity index (χ0) is 31.9. The number of nitrogens with one attached hydrogen (secondary N) is 1. The third-order valence-electron chi connectivity index (χ3n) is 7.72. The molecular weight excluding hydrogens is 647 g/mol. The minimum absolute atomic E-state index is 0.296. The number of hydrogen-bond donors (Lipinski definition) is 1. The van der Waals surface area contributed by atoms with Crippen molar-refractivity contribution >= 4 is 16.0 Å². The summed E-state index contributed by atoms with van der Waals surface area (Å²) in [7, 11) is 0. The summed E-state index contributed by atoms with van der Waals surface area (Å²) in [6.07, 6.45) is 0. The summed E-state index contributed by atoms with van der Waals surface area (Å²) in [5.74, 6) is -1.37. The zero-order valence-corrected chi connectivity index (χ0v) is 26.7. The number of halogens is 4. The normalized spacial score (nSPS) is 11.5. The van der Waals surface area contributed by atoms with Gasteiger partial charge in [0.05, 0.1) is 0 Å².